The average Bonchev–Trinajstić information content (AvgIpc) is 3.03. The van der Waals surface area contributed by atoms with E-state index in [9.17, 15) is 14.7 Å². The predicted octanol–water partition coefficient (Wildman–Crippen LogP) is 3.47. The van der Waals surface area contributed by atoms with Crippen LogP contribution in [0.4, 0.5) is 0 Å². The molecule has 164 valence electrons. The molecule has 1 heterocycles. The van der Waals surface area contributed by atoms with Crippen LogP contribution in [0.5, 0.6) is 11.5 Å². The molecule has 0 radical (unpaired) electrons. The molecule has 1 N–H and O–H groups in total. The van der Waals surface area contributed by atoms with E-state index in [0.29, 0.717) is 35.7 Å². The van der Waals surface area contributed by atoms with Gasteiger partial charge in [-0.3, -0.25) is 9.59 Å². The lowest BCUT2D eigenvalue weighted by atomic mass is 9.94. The summed E-state index contributed by atoms with van der Waals surface area (Å²) in [6, 6.07) is 11.5. The molecular weight excluding hydrogens is 398 g/mol. The molecule has 2 aromatic carbocycles. The molecule has 0 spiro atoms. The van der Waals surface area contributed by atoms with E-state index in [0.717, 1.165) is 5.56 Å². The summed E-state index contributed by atoms with van der Waals surface area (Å²) in [4.78, 5) is 27.5. The van der Waals surface area contributed by atoms with Crippen LogP contribution in [-0.2, 0) is 14.3 Å². The van der Waals surface area contributed by atoms with E-state index in [1.54, 1.807) is 37.4 Å². The highest BCUT2D eigenvalue weighted by Crippen LogP contribution is 2.43. The summed E-state index contributed by atoms with van der Waals surface area (Å²) < 4.78 is 16.0. The third-order valence-electron chi connectivity index (χ3n) is 5.34. The quantitative estimate of drug-likeness (QED) is 0.302. The lowest BCUT2D eigenvalue weighted by molar-refractivity contribution is -0.140. The highest BCUT2D eigenvalue weighted by molar-refractivity contribution is 6.46. The summed E-state index contributed by atoms with van der Waals surface area (Å²) in [5.74, 6) is -0.583. The Morgan fingerprint density at radius 2 is 1.74 bits per heavy atom. The summed E-state index contributed by atoms with van der Waals surface area (Å²) in [6.45, 7) is 2.65. The number of methoxy groups -OCH3 is 3. The zero-order valence-electron chi connectivity index (χ0n) is 18.2. The van der Waals surface area contributed by atoms with Crippen LogP contribution in [0.3, 0.4) is 0 Å². The molecule has 1 fully saturated rings. The highest BCUT2D eigenvalue weighted by Gasteiger charge is 2.47. The fraction of sp³-hybridized carbons (Fsp3) is 0.333. The molecule has 1 aliphatic heterocycles. The number of likely N-dealkylation sites (tertiary alicyclic amines) is 1. The Morgan fingerprint density at radius 3 is 2.35 bits per heavy atom. The van der Waals surface area contributed by atoms with Crippen molar-refractivity contribution in [2.45, 2.75) is 19.4 Å². The van der Waals surface area contributed by atoms with E-state index in [2.05, 4.69) is 0 Å². The second kappa shape index (κ2) is 9.66. The van der Waals surface area contributed by atoms with Gasteiger partial charge in [-0.2, -0.15) is 0 Å². The number of nitrogens with zero attached hydrogens (tertiary/aromatic N) is 1. The number of ketones is 1. The summed E-state index contributed by atoms with van der Waals surface area (Å²) in [7, 11) is 4.63. The molecule has 2 aromatic rings. The third-order valence-corrected chi connectivity index (χ3v) is 5.34. The second-order valence-electron chi connectivity index (χ2n) is 7.31. The number of aryl methyl sites for hydroxylation is 1. The van der Waals surface area contributed by atoms with Gasteiger partial charge in [0.1, 0.15) is 17.3 Å². The Kier molecular flexibility index (Phi) is 6.97. The van der Waals surface area contributed by atoms with Gasteiger partial charge < -0.3 is 24.2 Å². The maximum atomic E-state index is 13.1. The van der Waals surface area contributed by atoms with E-state index in [1.807, 2.05) is 19.1 Å². The first-order chi connectivity index (χ1) is 14.9. The summed E-state index contributed by atoms with van der Waals surface area (Å²) in [5, 5.41) is 11.1. The molecule has 3 rings (SSSR count). The molecule has 1 aliphatic rings. The van der Waals surface area contributed by atoms with Crippen LogP contribution in [0.15, 0.2) is 48.0 Å². The van der Waals surface area contributed by atoms with Gasteiger partial charge in [0, 0.05) is 31.4 Å². The van der Waals surface area contributed by atoms with Crippen LogP contribution >= 0.6 is 0 Å². The number of hydrogen-bond acceptors (Lipinski definition) is 6. The smallest absolute Gasteiger partial charge is 0.295 e. The molecule has 0 aromatic heterocycles. The third kappa shape index (κ3) is 4.41. The van der Waals surface area contributed by atoms with Gasteiger partial charge in [0.15, 0.2) is 0 Å². The minimum Gasteiger partial charge on any atom is -0.507 e. The second-order valence-corrected chi connectivity index (χ2v) is 7.31. The molecule has 0 unspecified atom stereocenters. The molecule has 0 bridgehead atoms. The van der Waals surface area contributed by atoms with E-state index in [1.165, 1.54) is 19.1 Å². The minimum absolute atomic E-state index is 0.0258. The minimum atomic E-state index is -0.816. The number of amides is 1. The highest BCUT2D eigenvalue weighted by atomic mass is 16.5. The monoisotopic (exact) mass is 425 g/mol. The normalized spacial score (nSPS) is 17.8. The molecule has 1 amide bonds. The number of carbonyl (C=O) groups excluding carboxylic acids is 2. The number of benzene rings is 2. The maximum absolute atomic E-state index is 13.1. The van der Waals surface area contributed by atoms with Gasteiger partial charge in [-0.1, -0.05) is 29.8 Å². The largest absolute Gasteiger partial charge is 0.507 e. The Bertz CT molecular complexity index is 996. The van der Waals surface area contributed by atoms with Crippen LogP contribution < -0.4 is 9.47 Å². The zero-order chi connectivity index (χ0) is 22.5. The van der Waals surface area contributed by atoms with Crippen LogP contribution in [-0.4, -0.2) is 56.2 Å². The Balaban J connectivity index is 2.21. The number of Topliss-reactive ketones (excluding diaryl/α,β-unsaturated/α-hetero) is 1. The van der Waals surface area contributed by atoms with Gasteiger partial charge in [-0.15, -0.1) is 0 Å². The summed E-state index contributed by atoms with van der Waals surface area (Å²) >= 11 is 0. The van der Waals surface area contributed by atoms with Crippen molar-refractivity contribution in [3.63, 3.8) is 0 Å². The van der Waals surface area contributed by atoms with Crippen molar-refractivity contribution in [3.05, 3.63) is 64.7 Å². The van der Waals surface area contributed by atoms with E-state index >= 15 is 0 Å². The van der Waals surface area contributed by atoms with E-state index in [-0.39, 0.29) is 17.9 Å². The first-order valence-electron chi connectivity index (χ1n) is 9.99. The fourth-order valence-corrected chi connectivity index (χ4v) is 3.73. The summed E-state index contributed by atoms with van der Waals surface area (Å²) in [5.41, 5.74) is 2.07. The predicted molar refractivity (Wildman–Crippen MR) is 116 cm³/mol. The number of carbonyl (C=O) groups is 2. The molecule has 7 heteroatoms. The standard InChI is InChI=1S/C24H27NO6/c1-15-6-8-16(9-7-15)22(26)20-21(18-14-17(30-3)10-11-19(18)31-4)25(12-5-13-29-2)24(28)23(20)27/h6-11,14,21,26H,5,12-13H2,1-4H3/t21-/m1/s1. The van der Waals surface area contributed by atoms with Crippen LogP contribution in [0, 0.1) is 6.92 Å². The van der Waals surface area contributed by atoms with Crippen molar-refractivity contribution in [2.75, 3.05) is 34.5 Å². The lowest BCUT2D eigenvalue weighted by Gasteiger charge is -2.27. The number of aliphatic hydroxyl groups is 1. The summed E-state index contributed by atoms with van der Waals surface area (Å²) in [6.07, 6.45) is 0.539. The van der Waals surface area contributed by atoms with Gasteiger partial charge >= 0.3 is 0 Å². The SMILES string of the molecule is COCCCN1C(=O)C(=O)C(=C(O)c2ccc(C)cc2)[C@H]1c1cc(OC)ccc1OC. The van der Waals surface area contributed by atoms with Crippen molar-refractivity contribution in [3.8, 4) is 11.5 Å². The van der Waals surface area contributed by atoms with E-state index in [4.69, 9.17) is 14.2 Å². The van der Waals surface area contributed by atoms with Crippen molar-refractivity contribution in [2.24, 2.45) is 0 Å². The topological polar surface area (TPSA) is 85.3 Å². The molecule has 31 heavy (non-hydrogen) atoms. The number of hydrogen-bond donors (Lipinski definition) is 1. The van der Waals surface area contributed by atoms with Crippen LogP contribution in [0.25, 0.3) is 5.76 Å². The van der Waals surface area contributed by atoms with Gasteiger partial charge in [0.05, 0.1) is 25.8 Å². The zero-order valence-corrected chi connectivity index (χ0v) is 18.2. The fourth-order valence-electron chi connectivity index (χ4n) is 3.73. The van der Waals surface area contributed by atoms with E-state index < -0.39 is 17.7 Å². The van der Waals surface area contributed by atoms with Crippen molar-refractivity contribution >= 4 is 17.4 Å². The number of ether oxygens (including phenoxy) is 3. The van der Waals surface area contributed by atoms with Gasteiger partial charge in [-0.05, 0) is 31.5 Å². The lowest BCUT2D eigenvalue weighted by Crippen LogP contribution is -2.31. The molecule has 0 saturated carbocycles. The Morgan fingerprint density at radius 1 is 1.03 bits per heavy atom. The van der Waals surface area contributed by atoms with Crippen molar-refractivity contribution in [1.29, 1.82) is 0 Å². The maximum Gasteiger partial charge on any atom is 0.295 e. The van der Waals surface area contributed by atoms with Gasteiger partial charge in [0.25, 0.3) is 11.7 Å². The van der Waals surface area contributed by atoms with Crippen LogP contribution in [0.2, 0.25) is 0 Å². The first kappa shape index (κ1) is 22.4. The Labute approximate surface area is 181 Å². The van der Waals surface area contributed by atoms with Crippen molar-refractivity contribution < 1.29 is 28.9 Å². The number of rotatable bonds is 8. The molecule has 0 aliphatic carbocycles. The molecular formula is C24H27NO6. The average molecular weight is 425 g/mol. The van der Waals surface area contributed by atoms with Crippen LogP contribution in [0.1, 0.15) is 29.2 Å². The molecule has 1 saturated heterocycles. The van der Waals surface area contributed by atoms with Gasteiger partial charge in [-0.25, -0.2) is 0 Å². The Hall–Kier alpha value is -3.32. The van der Waals surface area contributed by atoms with Gasteiger partial charge in [0.2, 0.25) is 0 Å². The van der Waals surface area contributed by atoms with Crippen molar-refractivity contribution in [1.82, 2.24) is 4.90 Å². The first-order valence-corrected chi connectivity index (χ1v) is 9.99. The number of aliphatic hydroxyl groups excluding tert-OH is 1. The molecule has 1 atom stereocenters. The molecule has 7 nitrogen and oxygen atoms in total.